The minimum absolute atomic E-state index is 0.0287. The molecular weight excluding hydrogens is 424 g/mol. The van der Waals surface area contributed by atoms with Crippen molar-refractivity contribution in [2.45, 2.75) is 37.5 Å². The fourth-order valence-corrected chi connectivity index (χ4v) is 4.52. The van der Waals surface area contributed by atoms with Gasteiger partial charge < -0.3 is 10.2 Å². The second kappa shape index (κ2) is 7.65. The van der Waals surface area contributed by atoms with Crippen molar-refractivity contribution in [2.75, 3.05) is 16.8 Å². The van der Waals surface area contributed by atoms with Crippen LogP contribution in [0.4, 0.5) is 29.1 Å². The Hall–Kier alpha value is -3.36. The van der Waals surface area contributed by atoms with Gasteiger partial charge in [-0.15, -0.1) is 0 Å². The highest BCUT2D eigenvalue weighted by molar-refractivity contribution is 6.09. The lowest BCUT2D eigenvalue weighted by Crippen LogP contribution is -2.38. The van der Waals surface area contributed by atoms with Gasteiger partial charge in [-0.1, -0.05) is 30.3 Å². The van der Waals surface area contributed by atoms with Crippen molar-refractivity contribution in [3.63, 3.8) is 0 Å². The van der Waals surface area contributed by atoms with E-state index < -0.39 is 30.0 Å². The second-order valence-electron chi connectivity index (χ2n) is 8.08. The predicted molar refractivity (Wildman–Crippen MR) is 111 cm³/mol. The molecule has 0 bridgehead atoms. The van der Waals surface area contributed by atoms with Crippen LogP contribution in [0, 0.1) is 5.82 Å². The van der Waals surface area contributed by atoms with Gasteiger partial charge >= 0.3 is 6.18 Å². The average molecular weight is 444 g/mol. The Bertz CT molecular complexity index is 1160. The Morgan fingerprint density at radius 2 is 1.84 bits per heavy atom. The van der Waals surface area contributed by atoms with Crippen molar-refractivity contribution in [1.82, 2.24) is 9.78 Å². The fourth-order valence-electron chi connectivity index (χ4n) is 4.52. The fraction of sp³-hybridized carbons (Fsp3) is 0.304. The lowest BCUT2D eigenvalue weighted by atomic mass is 9.96. The number of aryl methyl sites for hydroxylation is 1. The van der Waals surface area contributed by atoms with Crippen LogP contribution >= 0.6 is 0 Å². The zero-order chi connectivity index (χ0) is 22.5. The van der Waals surface area contributed by atoms with Crippen LogP contribution < -0.4 is 10.2 Å². The molecule has 5 rings (SSSR count). The number of carbonyl (C=O) groups excluding carboxylic acids is 1. The quantitative estimate of drug-likeness (QED) is 0.548. The van der Waals surface area contributed by atoms with Crippen molar-refractivity contribution in [3.05, 3.63) is 77.2 Å². The zero-order valence-corrected chi connectivity index (χ0v) is 16.9. The van der Waals surface area contributed by atoms with Gasteiger partial charge in [-0.05, 0) is 42.2 Å². The maximum Gasteiger partial charge on any atom is 0.410 e. The highest BCUT2D eigenvalue weighted by atomic mass is 19.4. The molecule has 9 heteroatoms. The number of rotatable bonds is 2. The number of benzene rings is 2. The highest BCUT2D eigenvalue weighted by Crippen LogP contribution is 2.44. The third kappa shape index (κ3) is 3.51. The molecular formula is C23H20F4N4O. The average Bonchev–Trinajstić information content (AvgIpc) is 3.21. The third-order valence-corrected chi connectivity index (χ3v) is 6.10. The summed E-state index contributed by atoms with van der Waals surface area (Å²) >= 11 is 0. The molecule has 0 saturated carbocycles. The van der Waals surface area contributed by atoms with Crippen LogP contribution in [0.1, 0.15) is 46.4 Å². The van der Waals surface area contributed by atoms with E-state index in [1.54, 1.807) is 4.90 Å². The summed E-state index contributed by atoms with van der Waals surface area (Å²) in [7, 11) is 0. The van der Waals surface area contributed by atoms with Gasteiger partial charge in [0, 0.05) is 18.7 Å². The summed E-state index contributed by atoms with van der Waals surface area (Å²) in [4.78, 5) is 15.0. The van der Waals surface area contributed by atoms with Crippen LogP contribution in [0.3, 0.4) is 0 Å². The summed E-state index contributed by atoms with van der Waals surface area (Å²) in [6.45, 7) is 0.477. The molecule has 0 saturated heterocycles. The molecule has 32 heavy (non-hydrogen) atoms. The van der Waals surface area contributed by atoms with Crippen molar-refractivity contribution in [3.8, 4) is 0 Å². The second-order valence-corrected chi connectivity index (χ2v) is 8.08. The number of hydrogen-bond acceptors (Lipinski definition) is 3. The normalized spacial score (nSPS) is 20.3. The van der Waals surface area contributed by atoms with Crippen molar-refractivity contribution >= 4 is 17.4 Å². The molecule has 3 heterocycles. The summed E-state index contributed by atoms with van der Waals surface area (Å²) in [5.41, 5.74) is 2.39. The molecule has 0 spiro atoms. The predicted octanol–water partition coefficient (Wildman–Crippen LogP) is 5.28. The van der Waals surface area contributed by atoms with E-state index in [1.165, 1.54) is 30.5 Å². The monoisotopic (exact) mass is 444 g/mol. The van der Waals surface area contributed by atoms with E-state index in [9.17, 15) is 22.4 Å². The van der Waals surface area contributed by atoms with E-state index in [4.69, 9.17) is 0 Å². The molecule has 2 aliphatic heterocycles. The SMILES string of the molecule is O=C(c1cnn2c1NC(c1ccc(F)cc1)CC2C(F)(F)F)N1CCCc2ccccc21. The summed E-state index contributed by atoms with van der Waals surface area (Å²) in [6.07, 6.45) is -2.06. The van der Waals surface area contributed by atoms with E-state index in [1.807, 2.05) is 24.3 Å². The molecule has 2 unspecified atom stereocenters. The molecule has 1 amide bonds. The number of amides is 1. The highest BCUT2D eigenvalue weighted by Gasteiger charge is 2.47. The van der Waals surface area contributed by atoms with Crippen molar-refractivity contribution in [2.24, 2.45) is 0 Å². The molecule has 0 fully saturated rings. The van der Waals surface area contributed by atoms with E-state index in [0.717, 1.165) is 28.8 Å². The number of halogens is 4. The Kier molecular flexibility index (Phi) is 4.91. The van der Waals surface area contributed by atoms with Crippen LogP contribution in [0.2, 0.25) is 0 Å². The van der Waals surface area contributed by atoms with Gasteiger partial charge in [0.1, 0.15) is 17.2 Å². The Balaban J connectivity index is 1.54. The number of nitrogens with one attached hydrogen (secondary N) is 1. The summed E-state index contributed by atoms with van der Waals surface area (Å²) in [5, 5.41) is 7.00. The van der Waals surface area contributed by atoms with Gasteiger partial charge in [-0.3, -0.25) is 4.79 Å². The number of anilines is 2. The lowest BCUT2D eigenvalue weighted by molar-refractivity contribution is -0.173. The maximum absolute atomic E-state index is 13.9. The van der Waals surface area contributed by atoms with Crippen molar-refractivity contribution in [1.29, 1.82) is 0 Å². The largest absolute Gasteiger partial charge is 0.410 e. The molecule has 166 valence electrons. The van der Waals surface area contributed by atoms with Crippen LogP contribution in [0.5, 0.6) is 0 Å². The first kappa shape index (κ1) is 20.5. The molecule has 2 atom stereocenters. The van der Waals surface area contributed by atoms with Crippen LogP contribution in [-0.4, -0.2) is 28.4 Å². The molecule has 2 aromatic carbocycles. The molecule has 1 aromatic heterocycles. The first-order valence-electron chi connectivity index (χ1n) is 10.4. The van der Waals surface area contributed by atoms with E-state index >= 15 is 0 Å². The molecule has 2 aliphatic rings. The zero-order valence-electron chi connectivity index (χ0n) is 16.9. The number of para-hydroxylation sites is 1. The van der Waals surface area contributed by atoms with Gasteiger partial charge in [-0.25, -0.2) is 9.07 Å². The number of nitrogens with zero attached hydrogens (tertiary/aromatic N) is 3. The Morgan fingerprint density at radius 3 is 2.59 bits per heavy atom. The number of alkyl halides is 3. The van der Waals surface area contributed by atoms with Gasteiger partial charge in [0.05, 0.1) is 12.2 Å². The molecule has 3 aromatic rings. The van der Waals surface area contributed by atoms with E-state index in [-0.39, 0.29) is 17.8 Å². The molecule has 0 aliphatic carbocycles. The summed E-state index contributed by atoms with van der Waals surface area (Å²) < 4.78 is 55.9. The number of carbonyl (C=O) groups is 1. The van der Waals surface area contributed by atoms with Gasteiger partial charge in [-0.2, -0.15) is 18.3 Å². The third-order valence-electron chi connectivity index (χ3n) is 6.10. The molecule has 5 nitrogen and oxygen atoms in total. The smallest absolute Gasteiger partial charge is 0.363 e. The van der Waals surface area contributed by atoms with E-state index in [0.29, 0.717) is 12.1 Å². The van der Waals surface area contributed by atoms with Crippen LogP contribution in [0.15, 0.2) is 54.7 Å². The molecule has 1 N–H and O–H groups in total. The first-order valence-corrected chi connectivity index (χ1v) is 10.4. The number of hydrogen-bond donors (Lipinski definition) is 1. The Labute approximate surface area is 181 Å². The minimum Gasteiger partial charge on any atom is -0.363 e. The lowest BCUT2D eigenvalue weighted by Gasteiger charge is -2.35. The number of fused-ring (bicyclic) bond motifs is 2. The van der Waals surface area contributed by atoms with Gasteiger partial charge in [0.25, 0.3) is 5.91 Å². The van der Waals surface area contributed by atoms with Crippen LogP contribution in [-0.2, 0) is 6.42 Å². The topological polar surface area (TPSA) is 50.2 Å². The standard InChI is InChI=1S/C23H20F4N4O/c24-16-9-7-14(8-10-16)18-12-20(23(25,26)27)31-21(29-18)17(13-28-31)22(32)30-11-3-5-15-4-1-2-6-19(15)30/h1-2,4,6-10,13,18,20,29H,3,5,11-12H2. The Morgan fingerprint density at radius 1 is 1.09 bits per heavy atom. The van der Waals surface area contributed by atoms with Gasteiger partial charge in [0.2, 0.25) is 0 Å². The summed E-state index contributed by atoms with van der Waals surface area (Å²) in [6, 6.07) is 10.2. The van der Waals surface area contributed by atoms with Crippen LogP contribution in [0.25, 0.3) is 0 Å². The summed E-state index contributed by atoms with van der Waals surface area (Å²) in [5.74, 6) is -0.839. The maximum atomic E-state index is 13.9. The van der Waals surface area contributed by atoms with Gasteiger partial charge in [0.15, 0.2) is 6.04 Å². The van der Waals surface area contributed by atoms with Crippen molar-refractivity contribution < 1.29 is 22.4 Å². The minimum atomic E-state index is -4.56. The van der Waals surface area contributed by atoms with E-state index in [2.05, 4.69) is 10.4 Å². The number of aromatic nitrogens is 2. The molecule has 0 radical (unpaired) electrons. The first-order chi connectivity index (χ1) is 15.3.